The lowest BCUT2D eigenvalue weighted by Crippen LogP contribution is -2.56. The summed E-state index contributed by atoms with van der Waals surface area (Å²) in [5.74, 6) is 0.101. The molecule has 1 aliphatic carbocycles. The lowest BCUT2D eigenvalue weighted by molar-refractivity contribution is -0.275. The highest BCUT2D eigenvalue weighted by Crippen LogP contribution is 2.47. The van der Waals surface area contributed by atoms with E-state index in [0.717, 1.165) is 19.3 Å². The van der Waals surface area contributed by atoms with Crippen molar-refractivity contribution in [3.8, 4) is 0 Å². The summed E-state index contributed by atoms with van der Waals surface area (Å²) < 4.78 is 40.4. The van der Waals surface area contributed by atoms with Gasteiger partial charge in [0.1, 0.15) is 0 Å². The molecule has 1 aromatic carbocycles. The molecule has 1 fully saturated rings. The molecule has 2 unspecified atom stereocenters. The Hall–Kier alpha value is -1.07. The standard InChI is InChI=1S/C15H20F3NO/c1-2-13(19)14(20,15(16,17)18)12-9-4-3-8-11(12)10-6-5-7-10/h3-4,8-10,13,20H,2,5-7,19H2,1H3. The summed E-state index contributed by atoms with van der Waals surface area (Å²) in [4.78, 5) is 0. The predicted octanol–water partition coefficient (Wildman–Crippen LogP) is 3.44. The van der Waals surface area contributed by atoms with Crippen LogP contribution in [0.1, 0.15) is 49.7 Å². The molecule has 1 aromatic rings. The smallest absolute Gasteiger partial charge is 0.375 e. The maximum Gasteiger partial charge on any atom is 0.423 e. The van der Waals surface area contributed by atoms with E-state index < -0.39 is 17.8 Å². The Morgan fingerprint density at radius 2 is 1.90 bits per heavy atom. The van der Waals surface area contributed by atoms with Crippen LogP contribution in [0.15, 0.2) is 24.3 Å². The van der Waals surface area contributed by atoms with Gasteiger partial charge in [-0.25, -0.2) is 0 Å². The molecule has 20 heavy (non-hydrogen) atoms. The third kappa shape index (κ3) is 2.33. The molecule has 2 nitrogen and oxygen atoms in total. The lowest BCUT2D eigenvalue weighted by atomic mass is 9.73. The van der Waals surface area contributed by atoms with Gasteiger partial charge in [0.2, 0.25) is 5.60 Å². The molecule has 5 heteroatoms. The summed E-state index contributed by atoms with van der Waals surface area (Å²) in [6, 6.07) is 4.90. The molecule has 2 atom stereocenters. The van der Waals surface area contributed by atoms with Crippen molar-refractivity contribution in [3.05, 3.63) is 35.4 Å². The maximum atomic E-state index is 13.5. The monoisotopic (exact) mass is 287 g/mol. The summed E-state index contributed by atoms with van der Waals surface area (Å²) in [5.41, 5.74) is 3.16. The molecule has 1 aliphatic rings. The minimum Gasteiger partial charge on any atom is -0.375 e. The largest absolute Gasteiger partial charge is 0.423 e. The van der Waals surface area contributed by atoms with Gasteiger partial charge >= 0.3 is 6.18 Å². The van der Waals surface area contributed by atoms with Crippen LogP contribution in [0.2, 0.25) is 0 Å². The van der Waals surface area contributed by atoms with Crippen LogP contribution >= 0.6 is 0 Å². The van der Waals surface area contributed by atoms with Crippen LogP contribution in [0.5, 0.6) is 0 Å². The van der Waals surface area contributed by atoms with Gasteiger partial charge in [-0.05, 0) is 36.3 Å². The number of nitrogens with two attached hydrogens (primary N) is 1. The molecule has 0 bridgehead atoms. The van der Waals surface area contributed by atoms with E-state index in [1.165, 1.54) is 12.1 Å². The van der Waals surface area contributed by atoms with E-state index >= 15 is 0 Å². The van der Waals surface area contributed by atoms with Crippen LogP contribution in [0.4, 0.5) is 13.2 Å². The minimum atomic E-state index is -4.79. The van der Waals surface area contributed by atoms with E-state index in [-0.39, 0.29) is 17.9 Å². The zero-order chi connectivity index (χ0) is 15.0. The second kappa shape index (κ2) is 5.37. The van der Waals surface area contributed by atoms with Crippen LogP contribution in [0.3, 0.4) is 0 Å². The molecule has 0 amide bonds. The molecule has 0 aromatic heterocycles. The van der Waals surface area contributed by atoms with E-state index in [1.807, 2.05) is 0 Å². The first-order chi connectivity index (χ1) is 9.32. The molecule has 3 N–H and O–H groups in total. The first-order valence-electron chi connectivity index (χ1n) is 6.96. The van der Waals surface area contributed by atoms with Crippen LogP contribution in [-0.2, 0) is 5.60 Å². The van der Waals surface area contributed by atoms with Gasteiger partial charge < -0.3 is 10.8 Å². The Labute approximate surface area is 116 Å². The van der Waals surface area contributed by atoms with Crippen molar-refractivity contribution in [3.63, 3.8) is 0 Å². The summed E-state index contributed by atoms with van der Waals surface area (Å²) >= 11 is 0. The van der Waals surface area contributed by atoms with E-state index in [0.29, 0.717) is 5.56 Å². The molecular weight excluding hydrogens is 267 g/mol. The number of halogens is 3. The minimum absolute atomic E-state index is 0.0506. The quantitative estimate of drug-likeness (QED) is 0.891. The van der Waals surface area contributed by atoms with Crippen LogP contribution in [0.25, 0.3) is 0 Å². The van der Waals surface area contributed by atoms with Gasteiger partial charge in [-0.1, -0.05) is 37.6 Å². The average Bonchev–Trinajstić information content (AvgIpc) is 2.34. The second-order valence-electron chi connectivity index (χ2n) is 5.49. The van der Waals surface area contributed by atoms with Gasteiger partial charge in [0.15, 0.2) is 0 Å². The first-order valence-corrected chi connectivity index (χ1v) is 6.96. The number of benzene rings is 1. The highest BCUT2D eigenvalue weighted by Gasteiger charge is 2.59. The van der Waals surface area contributed by atoms with Crippen LogP contribution in [-0.4, -0.2) is 17.3 Å². The number of aliphatic hydroxyl groups is 1. The lowest BCUT2D eigenvalue weighted by Gasteiger charge is -2.39. The molecule has 0 spiro atoms. The Kier molecular flexibility index (Phi) is 4.12. The summed E-state index contributed by atoms with van der Waals surface area (Å²) in [6.07, 6.45) is -1.99. The SMILES string of the molecule is CCC(N)C(O)(c1ccccc1C1CCC1)C(F)(F)F. The van der Waals surface area contributed by atoms with Crippen molar-refractivity contribution < 1.29 is 18.3 Å². The van der Waals surface area contributed by atoms with Gasteiger partial charge in [-0.15, -0.1) is 0 Å². The molecule has 1 saturated carbocycles. The van der Waals surface area contributed by atoms with Crippen molar-refractivity contribution in [2.45, 2.75) is 56.3 Å². The molecule has 112 valence electrons. The van der Waals surface area contributed by atoms with Gasteiger partial charge in [0, 0.05) is 6.04 Å². The number of rotatable bonds is 4. The molecule has 0 saturated heterocycles. The van der Waals surface area contributed by atoms with Gasteiger partial charge in [0.25, 0.3) is 0 Å². The number of hydrogen-bond acceptors (Lipinski definition) is 2. The molecular formula is C15H20F3NO. The van der Waals surface area contributed by atoms with Crippen molar-refractivity contribution in [1.29, 1.82) is 0 Å². The molecule has 0 aliphatic heterocycles. The molecule has 0 radical (unpaired) electrons. The van der Waals surface area contributed by atoms with E-state index in [4.69, 9.17) is 5.73 Å². The van der Waals surface area contributed by atoms with Crippen molar-refractivity contribution in [2.24, 2.45) is 5.73 Å². The fourth-order valence-corrected chi connectivity index (χ4v) is 2.78. The third-order valence-corrected chi connectivity index (χ3v) is 4.33. The predicted molar refractivity (Wildman–Crippen MR) is 71.3 cm³/mol. The second-order valence-corrected chi connectivity index (χ2v) is 5.49. The highest BCUT2D eigenvalue weighted by molar-refractivity contribution is 5.38. The zero-order valence-corrected chi connectivity index (χ0v) is 11.5. The van der Waals surface area contributed by atoms with Crippen LogP contribution < -0.4 is 5.73 Å². The highest BCUT2D eigenvalue weighted by atomic mass is 19.4. The fourth-order valence-electron chi connectivity index (χ4n) is 2.78. The van der Waals surface area contributed by atoms with Crippen LogP contribution in [0, 0.1) is 0 Å². The Morgan fingerprint density at radius 1 is 1.30 bits per heavy atom. The van der Waals surface area contributed by atoms with Gasteiger partial charge in [-0.3, -0.25) is 0 Å². The molecule has 2 rings (SSSR count). The topological polar surface area (TPSA) is 46.2 Å². The summed E-state index contributed by atoms with van der Waals surface area (Å²) in [6.45, 7) is 1.55. The van der Waals surface area contributed by atoms with Gasteiger partial charge in [-0.2, -0.15) is 13.2 Å². The Morgan fingerprint density at radius 3 is 2.35 bits per heavy atom. The zero-order valence-electron chi connectivity index (χ0n) is 11.5. The summed E-state index contributed by atoms with van der Waals surface area (Å²) in [5, 5.41) is 10.4. The average molecular weight is 287 g/mol. The van der Waals surface area contributed by atoms with E-state index in [9.17, 15) is 18.3 Å². The van der Waals surface area contributed by atoms with Crippen molar-refractivity contribution >= 4 is 0 Å². The van der Waals surface area contributed by atoms with Crippen molar-refractivity contribution in [2.75, 3.05) is 0 Å². The van der Waals surface area contributed by atoms with Gasteiger partial charge in [0.05, 0.1) is 0 Å². The Bertz CT molecular complexity index is 470. The van der Waals surface area contributed by atoms with E-state index in [2.05, 4.69) is 0 Å². The Balaban J connectivity index is 2.54. The summed E-state index contributed by atoms with van der Waals surface area (Å²) in [7, 11) is 0. The fraction of sp³-hybridized carbons (Fsp3) is 0.600. The normalized spacial score (nSPS) is 21.1. The number of hydrogen-bond donors (Lipinski definition) is 2. The van der Waals surface area contributed by atoms with E-state index in [1.54, 1.807) is 19.1 Å². The first kappa shape index (κ1) is 15.3. The van der Waals surface area contributed by atoms with Crippen molar-refractivity contribution in [1.82, 2.24) is 0 Å². The maximum absolute atomic E-state index is 13.5. The number of alkyl halides is 3. The molecule has 0 heterocycles. The third-order valence-electron chi connectivity index (χ3n) is 4.33.